The van der Waals surface area contributed by atoms with Gasteiger partial charge in [-0.3, -0.25) is 18.8 Å². The molecule has 1 amide bonds. The molecule has 0 aliphatic carbocycles. The summed E-state index contributed by atoms with van der Waals surface area (Å²) in [5.74, 6) is -1.85. The fourth-order valence-electron chi connectivity index (χ4n) is 3.56. The number of amides is 1. The summed E-state index contributed by atoms with van der Waals surface area (Å²) in [5.41, 5.74) is -1.25. The van der Waals surface area contributed by atoms with Crippen LogP contribution < -0.4 is 15.6 Å². The molecule has 1 aliphatic heterocycles. The van der Waals surface area contributed by atoms with Gasteiger partial charge in [0.1, 0.15) is 17.1 Å². The summed E-state index contributed by atoms with van der Waals surface area (Å²) in [7, 11) is 0. The Hall–Kier alpha value is -3.67. The first kappa shape index (κ1) is 23.5. The number of anilines is 1. The molecule has 180 valence electrons. The zero-order valence-corrected chi connectivity index (χ0v) is 17.7. The molecule has 0 bridgehead atoms. The molecule has 0 radical (unpaired) electrons. The van der Waals surface area contributed by atoms with E-state index in [-0.39, 0.29) is 23.1 Å². The van der Waals surface area contributed by atoms with Crippen LogP contribution in [0.2, 0.25) is 0 Å². The minimum atomic E-state index is -4.66. The summed E-state index contributed by atoms with van der Waals surface area (Å²) < 4.78 is 64.1. The maximum atomic E-state index is 13.6. The molecular weight excluding hydrogens is 460 g/mol. The highest BCUT2D eigenvalue weighted by Gasteiger charge is 2.29. The number of hydrogen-bond donors (Lipinski definition) is 1. The molecule has 1 aromatic carbocycles. The zero-order chi connectivity index (χ0) is 24.3. The van der Waals surface area contributed by atoms with Crippen LogP contribution >= 0.6 is 0 Å². The van der Waals surface area contributed by atoms with Crippen LogP contribution in [-0.2, 0) is 4.74 Å². The van der Waals surface area contributed by atoms with Crippen LogP contribution in [0.4, 0.5) is 23.4 Å². The van der Waals surface area contributed by atoms with Crippen molar-refractivity contribution in [1.82, 2.24) is 14.3 Å². The third-order valence-corrected chi connectivity index (χ3v) is 5.18. The Bertz CT molecular complexity index is 1230. The maximum absolute atomic E-state index is 13.6. The second kappa shape index (κ2) is 9.67. The van der Waals surface area contributed by atoms with Crippen molar-refractivity contribution in [3.05, 3.63) is 70.5 Å². The van der Waals surface area contributed by atoms with Gasteiger partial charge in [-0.25, -0.2) is 4.39 Å². The summed E-state index contributed by atoms with van der Waals surface area (Å²) in [4.78, 5) is 25.7. The van der Waals surface area contributed by atoms with Gasteiger partial charge >= 0.3 is 6.18 Å². The van der Waals surface area contributed by atoms with Gasteiger partial charge in [0.2, 0.25) is 0 Å². The molecule has 3 heterocycles. The average molecular weight is 480 g/mol. The number of carbonyl (C=O) groups is 1. The molecule has 4 rings (SSSR count). The summed E-state index contributed by atoms with van der Waals surface area (Å²) in [6.45, 7) is -0.435. The zero-order valence-electron chi connectivity index (χ0n) is 17.7. The Balaban J connectivity index is 1.57. The van der Waals surface area contributed by atoms with Gasteiger partial charge in [-0.2, -0.15) is 18.3 Å². The lowest BCUT2D eigenvalue weighted by atomic mass is 10.1. The molecule has 8 nitrogen and oxygen atoms in total. The van der Waals surface area contributed by atoms with E-state index < -0.39 is 35.8 Å². The number of hydrogen-bond acceptors (Lipinski definition) is 5. The van der Waals surface area contributed by atoms with Crippen LogP contribution in [0.15, 0.2) is 53.6 Å². The molecule has 0 saturated carbocycles. The van der Waals surface area contributed by atoms with Crippen molar-refractivity contribution in [2.75, 3.05) is 25.1 Å². The number of benzene rings is 1. The lowest BCUT2D eigenvalue weighted by molar-refractivity contribution is -0.153. The molecule has 0 unspecified atom stereocenters. The average Bonchev–Trinajstić information content (AvgIpc) is 3.27. The van der Waals surface area contributed by atoms with Crippen LogP contribution in [0.25, 0.3) is 5.69 Å². The molecule has 0 spiro atoms. The van der Waals surface area contributed by atoms with E-state index in [4.69, 9.17) is 9.47 Å². The van der Waals surface area contributed by atoms with Crippen LogP contribution in [0.5, 0.6) is 5.75 Å². The number of pyridine rings is 1. The highest BCUT2D eigenvalue weighted by molar-refractivity contribution is 6.03. The van der Waals surface area contributed by atoms with Gasteiger partial charge in [0, 0.05) is 37.7 Å². The molecule has 0 atom stereocenters. The van der Waals surface area contributed by atoms with Gasteiger partial charge in [0.05, 0.1) is 11.7 Å². The van der Waals surface area contributed by atoms with Crippen molar-refractivity contribution >= 4 is 11.7 Å². The Labute approximate surface area is 190 Å². The van der Waals surface area contributed by atoms with Gasteiger partial charge < -0.3 is 14.8 Å². The normalized spacial score (nSPS) is 14.7. The number of rotatable bonds is 6. The molecule has 1 N–H and O–H groups in total. The number of nitrogens with one attached hydrogen (secondary N) is 1. The van der Waals surface area contributed by atoms with E-state index >= 15 is 0 Å². The van der Waals surface area contributed by atoms with Crippen molar-refractivity contribution in [3.8, 4) is 11.4 Å². The SMILES string of the molecule is O=C(Nc1ccn(C2CCOCC2)n1)c1cccn(-c2ccc(F)cc2OCC(F)(F)F)c1=O. The Morgan fingerprint density at radius 2 is 1.94 bits per heavy atom. The first-order valence-electron chi connectivity index (χ1n) is 10.4. The molecule has 34 heavy (non-hydrogen) atoms. The first-order valence-corrected chi connectivity index (χ1v) is 10.4. The van der Waals surface area contributed by atoms with Crippen molar-refractivity contribution < 1.29 is 31.8 Å². The smallest absolute Gasteiger partial charge is 0.422 e. The molecule has 1 saturated heterocycles. The van der Waals surface area contributed by atoms with Crippen molar-refractivity contribution in [3.63, 3.8) is 0 Å². The van der Waals surface area contributed by atoms with E-state index in [1.165, 1.54) is 18.3 Å². The Morgan fingerprint density at radius 3 is 2.68 bits per heavy atom. The number of nitrogens with zero attached hydrogens (tertiary/aromatic N) is 3. The molecule has 2 aromatic heterocycles. The summed E-state index contributed by atoms with van der Waals surface area (Å²) in [6, 6.07) is 7.18. The quantitative estimate of drug-likeness (QED) is 0.544. The monoisotopic (exact) mass is 480 g/mol. The maximum Gasteiger partial charge on any atom is 0.422 e. The van der Waals surface area contributed by atoms with Gasteiger partial charge in [0.25, 0.3) is 11.5 Å². The molecule has 3 aromatic rings. The second-order valence-electron chi connectivity index (χ2n) is 7.59. The van der Waals surface area contributed by atoms with Crippen molar-refractivity contribution in [1.29, 1.82) is 0 Å². The minimum Gasteiger partial charge on any atom is -0.482 e. The fourth-order valence-corrected chi connectivity index (χ4v) is 3.56. The largest absolute Gasteiger partial charge is 0.482 e. The molecule has 1 aliphatic rings. The van der Waals surface area contributed by atoms with Crippen LogP contribution in [-0.4, -0.2) is 46.3 Å². The lowest BCUT2D eigenvalue weighted by Gasteiger charge is -2.22. The number of alkyl halides is 3. The fraction of sp³-hybridized carbons (Fsp3) is 0.318. The second-order valence-corrected chi connectivity index (χ2v) is 7.59. The van der Waals surface area contributed by atoms with E-state index in [0.29, 0.717) is 13.2 Å². The van der Waals surface area contributed by atoms with Crippen LogP contribution in [0.1, 0.15) is 29.2 Å². The topological polar surface area (TPSA) is 87.4 Å². The van der Waals surface area contributed by atoms with Gasteiger partial charge in [-0.1, -0.05) is 0 Å². The van der Waals surface area contributed by atoms with Gasteiger partial charge in [-0.15, -0.1) is 0 Å². The third kappa shape index (κ3) is 5.45. The lowest BCUT2D eigenvalue weighted by Crippen LogP contribution is -2.28. The highest BCUT2D eigenvalue weighted by Crippen LogP contribution is 2.26. The Morgan fingerprint density at radius 1 is 1.18 bits per heavy atom. The summed E-state index contributed by atoms with van der Waals surface area (Å²) >= 11 is 0. The van der Waals surface area contributed by atoms with Crippen LogP contribution in [0, 0.1) is 5.82 Å². The number of carbonyl (C=O) groups excluding carboxylic acids is 1. The van der Waals surface area contributed by atoms with Gasteiger partial charge in [0.15, 0.2) is 12.4 Å². The third-order valence-electron chi connectivity index (χ3n) is 5.18. The first-order chi connectivity index (χ1) is 16.2. The Kier molecular flexibility index (Phi) is 6.68. The molecule has 1 fully saturated rings. The number of ether oxygens (including phenoxy) is 2. The van der Waals surface area contributed by atoms with Crippen molar-refractivity contribution in [2.45, 2.75) is 25.1 Å². The van der Waals surface area contributed by atoms with E-state index in [9.17, 15) is 27.2 Å². The number of aromatic nitrogens is 3. The predicted octanol–water partition coefficient (Wildman–Crippen LogP) is 3.72. The predicted molar refractivity (Wildman–Crippen MR) is 113 cm³/mol. The van der Waals surface area contributed by atoms with E-state index in [1.807, 2.05) is 0 Å². The van der Waals surface area contributed by atoms with E-state index in [0.717, 1.165) is 35.6 Å². The van der Waals surface area contributed by atoms with Crippen molar-refractivity contribution in [2.24, 2.45) is 0 Å². The van der Waals surface area contributed by atoms with Crippen LogP contribution in [0.3, 0.4) is 0 Å². The highest BCUT2D eigenvalue weighted by atomic mass is 19.4. The van der Waals surface area contributed by atoms with E-state index in [2.05, 4.69) is 10.4 Å². The summed E-state index contributed by atoms with van der Waals surface area (Å²) in [5, 5.41) is 6.88. The summed E-state index contributed by atoms with van der Waals surface area (Å²) in [6.07, 6.45) is -0.127. The molecule has 12 heteroatoms. The van der Waals surface area contributed by atoms with Gasteiger partial charge in [-0.05, 0) is 37.1 Å². The standard InChI is InChI=1S/C22H20F4N4O4/c23-14-3-4-17(18(12-14)34-13-22(24,25)26)29-8-1-2-16(21(29)32)20(31)27-19-5-9-30(28-19)15-6-10-33-11-7-15/h1-5,8-9,12,15H,6-7,10-11,13H2,(H,27,28,31). The minimum absolute atomic E-state index is 0.141. The van der Waals surface area contributed by atoms with E-state index in [1.54, 1.807) is 16.9 Å². The molecular formula is C22H20F4N4O4. The number of halogens is 4.